The molecule has 54 valence electrons. The van der Waals surface area contributed by atoms with Gasteiger partial charge >= 0.3 is 0 Å². The molecular weight excluding hydrogens is 110 g/mol. The highest BCUT2D eigenvalue weighted by Crippen LogP contribution is 2.46. The van der Waals surface area contributed by atoms with Crippen LogP contribution in [-0.4, -0.2) is 6.54 Å². The Hall–Kier alpha value is -0.0400. The minimum absolute atomic E-state index is 0.472. The molecule has 0 bridgehead atoms. The summed E-state index contributed by atoms with van der Waals surface area (Å²) in [5, 5.41) is 0. The largest absolute Gasteiger partial charge is 0.330 e. The zero-order valence-corrected chi connectivity index (χ0v) is 6.48. The summed E-state index contributed by atoms with van der Waals surface area (Å²) >= 11 is 0. The summed E-state index contributed by atoms with van der Waals surface area (Å²) in [5.74, 6) is 0.951. The summed E-state index contributed by atoms with van der Waals surface area (Å²) in [6, 6.07) is 0. The summed E-state index contributed by atoms with van der Waals surface area (Å²) in [5.41, 5.74) is 6.13. The van der Waals surface area contributed by atoms with E-state index < -0.39 is 0 Å². The van der Waals surface area contributed by atoms with Crippen molar-refractivity contribution in [3.8, 4) is 0 Å². The SMILES string of the molecule is CCC(C)(CN)C1CC1. The Morgan fingerprint density at radius 2 is 2.11 bits per heavy atom. The van der Waals surface area contributed by atoms with Crippen molar-refractivity contribution in [3.05, 3.63) is 0 Å². The third-order valence-electron chi connectivity index (χ3n) is 2.84. The summed E-state index contributed by atoms with van der Waals surface area (Å²) in [7, 11) is 0. The van der Waals surface area contributed by atoms with Crippen molar-refractivity contribution in [2.75, 3.05) is 6.54 Å². The van der Waals surface area contributed by atoms with Crippen LogP contribution in [0.5, 0.6) is 0 Å². The van der Waals surface area contributed by atoms with Gasteiger partial charge in [0.2, 0.25) is 0 Å². The van der Waals surface area contributed by atoms with E-state index in [1.54, 1.807) is 0 Å². The lowest BCUT2D eigenvalue weighted by Crippen LogP contribution is -2.28. The highest BCUT2D eigenvalue weighted by atomic mass is 14.6. The molecule has 1 unspecified atom stereocenters. The van der Waals surface area contributed by atoms with Crippen LogP contribution in [0.1, 0.15) is 33.1 Å². The fraction of sp³-hybridized carbons (Fsp3) is 1.00. The van der Waals surface area contributed by atoms with Crippen LogP contribution >= 0.6 is 0 Å². The molecule has 0 heterocycles. The molecule has 0 aromatic carbocycles. The summed E-state index contributed by atoms with van der Waals surface area (Å²) in [6.07, 6.45) is 4.08. The third kappa shape index (κ3) is 1.26. The predicted molar refractivity (Wildman–Crippen MR) is 40.2 cm³/mol. The molecule has 0 spiro atoms. The average molecular weight is 127 g/mol. The second-order valence-corrected chi connectivity index (χ2v) is 3.49. The topological polar surface area (TPSA) is 26.0 Å². The van der Waals surface area contributed by atoms with Gasteiger partial charge in [-0.3, -0.25) is 0 Å². The maximum atomic E-state index is 5.66. The average Bonchev–Trinajstić information content (AvgIpc) is 2.68. The molecule has 0 aromatic rings. The first-order valence-electron chi connectivity index (χ1n) is 3.93. The summed E-state index contributed by atoms with van der Waals surface area (Å²) < 4.78 is 0. The van der Waals surface area contributed by atoms with Crippen molar-refractivity contribution >= 4 is 0 Å². The molecule has 1 heteroatoms. The first-order valence-corrected chi connectivity index (χ1v) is 3.93. The van der Waals surface area contributed by atoms with E-state index in [-0.39, 0.29) is 0 Å². The van der Waals surface area contributed by atoms with Gasteiger partial charge in [-0.25, -0.2) is 0 Å². The fourth-order valence-electron chi connectivity index (χ4n) is 1.38. The molecule has 1 aliphatic rings. The van der Waals surface area contributed by atoms with E-state index in [1.807, 2.05) is 0 Å². The molecule has 1 rings (SSSR count). The monoisotopic (exact) mass is 127 g/mol. The van der Waals surface area contributed by atoms with E-state index in [0.717, 1.165) is 12.5 Å². The molecule has 0 aliphatic heterocycles. The zero-order valence-electron chi connectivity index (χ0n) is 6.48. The van der Waals surface area contributed by atoms with Crippen molar-refractivity contribution in [1.82, 2.24) is 0 Å². The van der Waals surface area contributed by atoms with Crippen molar-refractivity contribution in [3.63, 3.8) is 0 Å². The highest BCUT2D eigenvalue weighted by molar-refractivity contribution is 4.90. The minimum Gasteiger partial charge on any atom is -0.330 e. The van der Waals surface area contributed by atoms with E-state index in [1.165, 1.54) is 19.3 Å². The Kier molecular flexibility index (Phi) is 1.80. The van der Waals surface area contributed by atoms with Crippen molar-refractivity contribution in [2.24, 2.45) is 17.1 Å². The van der Waals surface area contributed by atoms with Gasteiger partial charge < -0.3 is 5.73 Å². The number of hydrogen-bond donors (Lipinski definition) is 1. The molecule has 1 saturated carbocycles. The Balaban J connectivity index is 2.43. The predicted octanol–water partition coefficient (Wildman–Crippen LogP) is 1.77. The maximum absolute atomic E-state index is 5.66. The zero-order chi connectivity index (χ0) is 6.91. The molecule has 1 fully saturated rings. The maximum Gasteiger partial charge on any atom is -0.00206 e. The van der Waals surface area contributed by atoms with E-state index in [9.17, 15) is 0 Å². The van der Waals surface area contributed by atoms with Crippen LogP contribution < -0.4 is 5.73 Å². The lowest BCUT2D eigenvalue weighted by atomic mass is 9.82. The van der Waals surface area contributed by atoms with Gasteiger partial charge in [0.1, 0.15) is 0 Å². The molecule has 2 N–H and O–H groups in total. The molecule has 0 saturated heterocycles. The van der Waals surface area contributed by atoms with Gasteiger partial charge in [-0.2, -0.15) is 0 Å². The van der Waals surface area contributed by atoms with Crippen LogP contribution in [-0.2, 0) is 0 Å². The molecule has 0 aromatic heterocycles. The molecule has 0 radical (unpaired) electrons. The standard InChI is InChI=1S/C8H17N/c1-3-8(2,6-9)7-4-5-7/h7H,3-6,9H2,1-2H3. The molecular formula is C8H17N. The lowest BCUT2D eigenvalue weighted by molar-refractivity contribution is 0.272. The van der Waals surface area contributed by atoms with Crippen molar-refractivity contribution in [1.29, 1.82) is 0 Å². The van der Waals surface area contributed by atoms with Crippen LogP contribution in [0.4, 0.5) is 0 Å². The van der Waals surface area contributed by atoms with Crippen LogP contribution in [0.2, 0.25) is 0 Å². The van der Waals surface area contributed by atoms with Crippen molar-refractivity contribution < 1.29 is 0 Å². The Labute approximate surface area is 57.6 Å². The van der Waals surface area contributed by atoms with Crippen LogP contribution in [0.3, 0.4) is 0 Å². The van der Waals surface area contributed by atoms with Gasteiger partial charge in [-0.05, 0) is 37.1 Å². The van der Waals surface area contributed by atoms with Gasteiger partial charge in [0.15, 0.2) is 0 Å². The quantitative estimate of drug-likeness (QED) is 0.614. The van der Waals surface area contributed by atoms with Gasteiger partial charge in [0.25, 0.3) is 0 Å². The smallest absolute Gasteiger partial charge is 0.00206 e. The normalized spacial score (nSPS) is 25.7. The molecule has 9 heavy (non-hydrogen) atoms. The number of rotatable bonds is 3. The van der Waals surface area contributed by atoms with Gasteiger partial charge in [0, 0.05) is 0 Å². The fourth-order valence-corrected chi connectivity index (χ4v) is 1.38. The number of nitrogens with two attached hydrogens (primary N) is 1. The molecule has 1 nitrogen and oxygen atoms in total. The van der Waals surface area contributed by atoms with Crippen LogP contribution in [0.15, 0.2) is 0 Å². The second-order valence-electron chi connectivity index (χ2n) is 3.49. The third-order valence-corrected chi connectivity index (χ3v) is 2.84. The number of hydrogen-bond acceptors (Lipinski definition) is 1. The molecule has 0 amide bonds. The Morgan fingerprint density at radius 1 is 1.56 bits per heavy atom. The minimum atomic E-state index is 0.472. The van der Waals surface area contributed by atoms with Crippen LogP contribution in [0, 0.1) is 11.3 Å². The Morgan fingerprint density at radius 3 is 2.22 bits per heavy atom. The molecule has 1 aliphatic carbocycles. The first-order chi connectivity index (χ1) is 4.23. The van der Waals surface area contributed by atoms with Gasteiger partial charge in [0.05, 0.1) is 0 Å². The van der Waals surface area contributed by atoms with E-state index in [0.29, 0.717) is 5.41 Å². The van der Waals surface area contributed by atoms with E-state index in [2.05, 4.69) is 13.8 Å². The Bertz CT molecular complexity index is 90.7. The van der Waals surface area contributed by atoms with Gasteiger partial charge in [-0.15, -0.1) is 0 Å². The van der Waals surface area contributed by atoms with E-state index >= 15 is 0 Å². The van der Waals surface area contributed by atoms with E-state index in [4.69, 9.17) is 5.73 Å². The lowest BCUT2D eigenvalue weighted by Gasteiger charge is -2.25. The van der Waals surface area contributed by atoms with Crippen LogP contribution in [0.25, 0.3) is 0 Å². The van der Waals surface area contributed by atoms with Crippen molar-refractivity contribution in [2.45, 2.75) is 33.1 Å². The second kappa shape index (κ2) is 2.30. The summed E-state index contributed by atoms with van der Waals surface area (Å²) in [4.78, 5) is 0. The summed E-state index contributed by atoms with van der Waals surface area (Å²) in [6.45, 7) is 5.42. The van der Waals surface area contributed by atoms with Gasteiger partial charge in [-0.1, -0.05) is 13.8 Å². The molecule has 1 atom stereocenters. The first kappa shape index (κ1) is 7.07. The highest BCUT2D eigenvalue weighted by Gasteiger charge is 2.38.